The molecule has 0 radical (unpaired) electrons. The number of anilines is 2. The highest BCUT2D eigenvalue weighted by Crippen LogP contribution is 2.48. The van der Waals surface area contributed by atoms with Crippen molar-refractivity contribution in [3.63, 3.8) is 0 Å². The summed E-state index contributed by atoms with van der Waals surface area (Å²) in [5.41, 5.74) is 4.68. The zero-order chi connectivity index (χ0) is 21.2. The van der Waals surface area contributed by atoms with Gasteiger partial charge < -0.3 is 14.4 Å². The molecule has 0 bridgehead atoms. The highest BCUT2D eigenvalue weighted by Gasteiger charge is 2.43. The van der Waals surface area contributed by atoms with Crippen molar-refractivity contribution < 1.29 is 14.3 Å². The highest BCUT2D eigenvalue weighted by molar-refractivity contribution is 5.90. The van der Waals surface area contributed by atoms with E-state index in [2.05, 4.69) is 57.7 Å². The van der Waals surface area contributed by atoms with Crippen LogP contribution in [0.2, 0.25) is 0 Å². The standard InChI is InChI=1S/C25H33NO3/c1-7-9-16-26(19-12-10-18(11-13-19)23(27)28-8-2)20-14-15-21-22(17-20)25(5,6)29-24(21,3)4/h10-15,17H,7-9,16H2,1-6H3. The van der Waals surface area contributed by atoms with Crippen LogP contribution in [-0.2, 0) is 20.7 Å². The molecule has 3 rings (SSSR count). The summed E-state index contributed by atoms with van der Waals surface area (Å²) in [6, 6.07) is 14.3. The molecular formula is C25H33NO3. The normalized spacial score (nSPS) is 16.3. The summed E-state index contributed by atoms with van der Waals surface area (Å²) in [5.74, 6) is -0.280. The molecule has 156 valence electrons. The van der Waals surface area contributed by atoms with Crippen LogP contribution in [0.3, 0.4) is 0 Å². The zero-order valence-corrected chi connectivity index (χ0v) is 18.5. The summed E-state index contributed by atoms with van der Waals surface area (Å²) in [6.45, 7) is 13.8. The van der Waals surface area contributed by atoms with E-state index < -0.39 is 0 Å². The van der Waals surface area contributed by atoms with E-state index in [1.165, 1.54) is 11.1 Å². The van der Waals surface area contributed by atoms with Crippen molar-refractivity contribution in [2.24, 2.45) is 0 Å². The van der Waals surface area contributed by atoms with Crippen LogP contribution in [0.1, 0.15) is 75.9 Å². The van der Waals surface area contributed by atoms with Crippen LogP contribution in [-0.4, -0.2) is 19.1 Å². The number of fused-ring (bicyclic) bond motifs is 1. The van der Waals surface area contributed by atoms with Crippen LogP contribution in [0, 0.1) is 0 Å². The predicted octanol–water partition coefficient (Wildman–Crippen LogP) is 6.30. The second-order valence-corrected chi connectivity index (χ2v) is 8.63. The molecule has 4 nitrogen and oxygen atoms in total. The van der Waals surface area contributed by atoms with Crippen molar-refractivity contribution >= 4 is 17.3 Å². The van der Waals surface area contributed by atoms with Gasteiger partial charge >= 0.3 is 5.97 Å². The molecule has 0 unspecified atom stereocenters. The van der Waals surface area contributed by atoms with Gasteiger partial charge in [0.05, 0.1) is 23.4 Å². The molecule has 4 heteroatoms. The lowest BCUT2D eigenvalue weighted by Crippen LogP contribution is -2.22. The minimum absolute atomic E-state index is 0.280. The van der Waals surface area contributed by atoms with E-state index in [1.807, 2.05) is 31.2 Å². The van der Waals surface area contributed by atoms with Gasteiger partial charge in [0.15, 0.2) is 0 Å². The molecule has 2 aromatic rings. The summed E-state index contributed by atoms with van der Waals surface area (Å²) in [4.78, 5) is 14.3. The summed E-state index contributed by atoms with van der Waals surface area (Å²) in [6.07, 6.45) is 2.20. The van der Waals surface area contributed by atoms with Crippen molar-refractivity contribution in [1.82, 2.24) is 0 Å². The van der Waals surface area contributed by atoms with Gasteiger partial charge in [0.1, 0.15) is 0 Å². The van der Waals surface area contributed by atoms with Gasteiger partial charge in [0, 0.05) is 17.9 Å². The van der Waals surface area contributed by atoms with Gasteiger partial charge in [-0.15, -0.1) is 0 Å². The SMILES string of the molecule is CCCCN(c1ccc(C(=O)OCC)cc1)c1ccc2c(c1)C(C)(C)OC2(C)C. The van der Waals surface area contributed by atoms with Crippen LogP contribution in [0.25, 0.3) is 0 Å². The van der Waals surface area contributed by atoms with E-state index in [0.29, 0.717) is 12.2 Å². The topological polar surface area (TPSA) is 38.8 Å². The third kappa shape index (κ3) is 4.32. The fraction of sp³-hybridized carbons (Fsp3) is 0.480. The van der Waals surface area contributed by atoms with E-state index >= 15 is 0 Å². The number of unbranched alkanes of at least 4 members (excludes halogenated alkanes) is 1. The Morgan fingerprint density at radius 2 is 1.55 bits per heavy atom. The molecule has 1 aliphatic rings. The van der Waals surface area contributed by atoms with Crippen molar-refractivity contribution in [2.75, 3.05) is 18.1 Å². The summed E-state index contributed by atoms with van der Waals surface area (Å²) in [5, 5.41) is 0. The van der Waals surface area contributed by atoms with Gasteiger partial charge in [-0.1, -0.05) is 19.4 Å². The lowest BCUT2D eigenvalue weighted by atomic mass is 9.90. The predicted molar refractivity (Wildman–Crippen MR) is 118 cm³/mol. The van der Waals surface area contributed by atoms with E-state index in [-0.39, 0.29) is 17.2 Å². The fourth-order valence-corrected chi connectivity index (χ4v) is 4.19. The Bertz CT molecular complexity index is 868. The van der Waals surface area contributed by atoms with Crippen LogP contribution in [0.15, 0.2) is 42.5 Å². The molecular weight excluding hydrogens is 362 g/mol. The lowest BCUT2D eigenvalue weighted by molar-refractivity contribution is -0.105. The number of carbonyl (C=O) groups excluding carboxylic acids is 1. The molecule has 0 spiro atoms. The molecule has 0 N–H and O–H groups in total. The summed E-state index contributed by atoms with van der Waals surface area (Å²) in [7, 11) is 0. The number of ether oxygens (including phenoxy) is 2. The second kappa shape index (κ2) is 8.19. The van der Waals surface area contributed by atoms with E-state index in [4.69, 9.17) is 9.47 Å². The maximum absolute atomic E-state index is 12.0. The average molecular weight is 396 g/mol. The third-order valence-electron chi connectivity index (χ3n) is 5.55. The second-order valence-electron chi connectivity index (χ2n) is 8.63. The Hall–Kier alpha value is -2.33. The van der Waals surface area contributed by atoms with Gasteiger partial charge in [-0.05, 0) is 88.6 Å². The molecule has 1 aliphatic heterocycles. The number of rotatable bonds is 7. The number of nitrogens with zero attached hydrogens (tertiary/aromatic N) is 1. The lowest BCUT2D eigenvalue weighted by Gasteiger charge is -2.27. The van der Waals surface area contributed by atoms with Gasteiger partial charge in [0.2, 0.25) is 0 Å². The average Bonchev–Trinajstić information content (AvgIpc) is 2.86. The summed E-state index contributed by atoms with van der Waals surface area (Å²) < 4.78 is 11.4. The molecule has 29 heavy (non-hydrogen) atoms. The molecule has 1 heterocycles. The Labute approximate surface area is 174 Å². The van der Waals surface area contributed by atoms with Gasteiger partial charge in [0.25, 0.3) is 0 Å². The Morgan fingerprint density at radius 1 is 0.931 bits per heavy atom. The van der Waals surface area contributed by atoms with Gasteiger partial charge in [-0.25, -0.2) is 4.79 Å². The molecule has 0 aliphatic carbocycles. The number of esters is 1. The van der Waals surface area contributed by atoms with Crippen LogP contribution >= 0.6 is 0 Å². The number of hydrogen-bond acceptors (Lipinski definition) is 4. The maximum Gasteiger partial charge on any atom is 0.338 e. The largest absolute Gasteiger partial charge is 0.462 e. The Kier molecular flexibility index (Phi) is 6.04. The first kappa shape index (κ1) is 21.4. The smallest absolute Gasteiger partial charge is 0.338 e. The van der Waals surface area contributed by atoms with Crippen LogP contribution in [0.5, 0.6) is 0 Å². The molecule has 0 fully saturated rings. The van der Waals surface area contributed by atoms with Crippen molar-refractivity contribution in [2.45, 2.75) is 65.6 Å². The first-order chi connectivity index (χ1) is 13.7. The summed E-state index contributed by atoms with van der Waals surface area (Å²) >= 11 is 0. The third-order valence-corrected chi connectivity index (χ3v) is 5.55. The highest BCUT2D eigenvalue weighted by atomic mass is 16.5. The van der Waals surface area contributed by atoms with E-state index in [1.54, 1.807) is 0 Å². The zero-order valence-electron chi connectivity index (χ0n) is 18.5. The van der Waals surface area contributed by atoms with E-state index in [0.717, 1.165) is 30.8 Å². The minimum atomic E-state index is -0.320. The molecule has 0 saturated heterocycles. The van der Waals surface area contributed by atoms with Crippen LogP contribution < -0.4 is 4.90 Å². The van der Waals surface area contributed by atoms with Crippen molar-refractivity contribution in [1.29, 1.82) is 0 Å². The van der Waals surface area contributed by atoms with Gasteiger partial charge in [-0.2, -0.15) is 0 Å². The molecule has 2 aromatic carbocycles. The number of hydrogen-bond donors (Lipinski definition) is 0. The molecule has 0 aromatic heterocycles. The van der Waals surface area contributed by atoms with Crippen molar-refractivity contribution in [3.05, 3.63) is 59.2 Å². The Morgan fingerprint density at radius 3 is 2.17 bits per heavy atom. The first-order valence-corrected chi connectivity index (χ1v) is 10.6. The fourth-order valence-electron chi connectivity index (χ4n) is 4.19. The molecule has 0 atom stereocenters. The monoisotopic (exact) mass is 395 g/mol. The molecule has 0 amide bonds. The van der Waals surface area contributed by atoms with Crippen molar-refractivity contribution in [3.8, 4) is 0 Å². The number of carbonyl (C=O) groups is 1. The maximum atomic E-state index is 12.0. The first-order valence-electron chi connectivity index (χ1n) is 10.6. The molecule has 0 saturated carbocycles. The van der Waals surface area contributed by atoms with E-state index in [9.17, 15) is 4.79 Å². The Balaban J connectivity index is 1.97. The quantitative estimate of drug-likeness (QED) is 0.516. The number of benzene rings is 2. The van der Waals surface area contributed by atoms with Gasteiger partial charge in [-0.3, -0.25) is 0 Å². The minimum Gasteiger partial charge on any atom is -0.462 e. The van der Waals surface area contributed by atoms with Crippen LogP contribution in [0.4, 0.5) is 11.4 Å².